The molecule has 0 spiro atoms. The molecule has 0 fully saturated rings. The minimum absolute atomic E-state index is 0.684. The fraction of sp³-hybridized carbons (Fsp3) is 0.571. The first-order chi connectivity index (χ1) is 6.88. The Morgan fingerprint density at radius 2 is 1.60 bits per heavy atom. The van der Waals surface area contributed by atoms with Crippen molar-refractivity contribution in [1.29, 1.82) is 0 Å². The highest BCUT2D eigenvalue weighted by Crippen LogP contribution is 2.31. The van der Waals surface area contributed by atoms with E-state index in [0.717, 1.165) is 18.4 Å². The van der Waals surface area contributed by atoms with E-state index in [9.17, 15) is 5.11 Å². The first-order valence-electron chi connectivity index (χ1n) is 5.69. The second-order valence-electron chi connectivity index (χ2n) is 4.80. The van der Waals surface area contributed by atoms with Crippen LogP contribution in [0.5, 0.6) is 0 Å². The van der Waals surface area contributed by atoms with Crippen LogP contribution in [0.4, 0.5) is 0 Å². The van der Waals surface area contributed by atoms with Crippen LogP contribution in [-0.2, 0) is 5.60 Å². The first kappa shape index (κ1) is 12.3. The molecule has 0 saturated carbocycles. The van der Waals surface area contributed by atoms with E-state index in [1.807, 2.05) is 6.92 Å². The third-order valence-corrected chi connectivity index (χ3v) is 2.95. The van der Waals surface area contributed by atoms with Crippen molar-refractivity contribution >= 4 is 0 Å². The summed E-state index contributed by atoms with van der Waals surface area (Å²) in [5.41, 5.74) is 4.09. The highest BCUT2D eigenvalue weighted by atomic mass is 16.3. The summed E-state index contributed by atoms with van der Waals surface area (Å²) < 4.78 is 0. The molecule has 1 aromatic carbocycles. The van der Waals surface area contributed by atoms with Gasteiger partial charge in [-0.05, 0) is 50.8 Å². The molecule has 84 valence electrons. The maximum atomic E-state index is 10.4. The third kappa shape index (κ3) is 2.60. The summed E-state index contributed by atoms with van der Waals surface area (Å²) in [6.07, 6.45) is 1.82. The van der Waals surface area contributed by atoms with Crippen molar-refractivity contribution in [2.75, 3.05) is 0 Å². The van der Waals surface area contributed by atoms with Crippen molar-refractivity contribution in [3.05, 3.63) is 34.4 Å². The van der Waals surface area contributed by atoms with E-state index in [4.69, 9.17) is 0 Å². The zero-order chi connectivity index (χ0) is 11.6. The molecule has 0 aliphatic rings. The molecule has 1 unspecified atom stereocenters. The monoisotopic (exact) mass is 206 g/mol. The Morgan fingerprint density at radius 3 is 2.00 bits per heavy atom. The average molecular weight is 206 g/mol. The topological polar surface area (TPSA) is 20.2 Å². The van der Waals surface area contributed by atoms with Gasteiger partial charge in [0.1, 0.15) is 0 Å². The van der Waals surface area contributed by atoms with Crippen LogP contribution in [0, 0.1) is 20.8 Å². The second kappa shape index (κ2) is 4.36. The Kier molecular flexibility index (Phi) is 3.56. The predicted molar refractivity (Wildman–Crippen MR) is 65.1 cm³/mol. The van der Waals surface area contributed by atoms with Crippen molar-refractivity contribution < 1.29 is 5.11 Å². The van der Waals surface area contributed by atoms with Gasteiger partial charge in [-0.3, -0.25) is 0 Å². The standard InChI is InChI=1S/C14H22O/c1-6-7-14(5,15)13-11(3)8-10(2)9-12(13)4/h8-9,15H,6-7H2,1-5H3. The molecule has 0 heterocycles. The third-order valence-electron chi connectivity index (χ3n) is 2.95. The van der Waals surface area contributed by atoms with Gasteiger partial charge in [0.05, 0.1) is 5.60 Å². The minimum atomic E-state index is -0.684. The van der Waals surface area contributed by atoms with Crippen molar-refractivity contribution in [1.82, 2.24) is 0 Å². The molecule has 1 N–H and O–H groups in total. The van der Waals surface area contributed by atoms with E-state index in [1.54, 1.807) is 0 Å². The molecule has 1 atom stereocenters. The van der Waals surface area contributed by atoms with Gasteiger partial charge in [0, 0.05) is 0 Å². The van der Waals surface area contributed by atoms with Crippen molar-refractivity contribution in [3.63, 3.8) is 0 Å². The first-order valence-corrected chi connectivity index (χ1v) is 5.69. The van der Waals surface area contributed by atoms with Crippen LogP contribution >= 0.6 is 0 Å². The molecule has 1 heteroatoms. The largest absolute Gasteiger partial charge is 0.385 e. The number of aryl methyl sites for hydroxylation is 3. The molecule has 0 aliphatic carbocycles. The highest BCUT2D eigenvalue weighted by molar-refractivity contribution is 5.40. The quantitative estimate of drug-likeness (QED) is 0.801. The Hall–Kier alpha value is -0.820. The SMILES string of the molecule is CCCC(C)(O)c1c(C)cc(C)cc1C. The minimum Gasteiger partial charge on any atom is -0.385 e. The lowest BCUT2D eigenvalue weighted by atomic mass is 9.84. The van der Waals surface area contributed by atoms with E-state index < -0.39 is 5.60 Å². The van der Waals surface area contributed by atoms with Crippen molar-refractivity contribution in [3.8, 4) is 0 Å². The number of hydrogen-bond acceptors (Lipinski definition) is 1. The van der Waals surface area contributed by atoms with Crippen LogP contribution in [-0.4, -0.2) is 5.11 Å². The normalized spacial score (nSPS) is 15.1. The van der Waals surface area contributed by atoms with Gasteiger partial charge in [0.25, 0.3) is 0 Å². The van der Waals surface area contributed by atoms with Gasteiger partial charge in [-0.1, -0.05) is 31.0 Å². The maximum Gasteiger partial charge on any atom is 0.0873 e. The zero-order valence-corrected chi connectivity index (χ0v) is 10.5. The second-order valence-corrected chi connectivity index (χ2v) is 4.80. The van der Waals surface area contributed by atoms with Crippen molar-refractivity contribution in [2.24, 2.45) is 0 Å². The van der Waals surface area contributed by atoms with Gasteiger partial charge in [-0.25, -0.2) is 0 Å². The molecular weight excluding hydrogens is 184 g/mol. The average Bonchev–Trinajstić information content (AvgIpc) is 1.99. The number of hydrogen-bond donors (Lipinski definition) is 1. The van der Waals surface area contributed by atoms with Gasteiger partial charge in [0.2, 0.25) is 0 Å². The molecule has 0 aromatic heterocycles. The molecule has 0 saturated heterocycles. The maximum absolute atomic E-state index is 10.4. The molecule has 0 radical (unpaired) electrons. The smallest absolute Gasteiger partial charge is 0.0873 e. The molecule has 15 heavy (non-hydrogen) atoms. The van der Waals surface area contributed by atoms with Crippen LogP contribution in [0.2, 0.25) is 0 Å². The van der Waals surface area contributed by atoms with Crippen LogP contribution in [0.3, 0.4) is 0 Å². The summed E-state index contributed by atoms with van der Waals surface area (Å²) in [6.45, 7) is 10.3. The van der Waals surface area contributed by atoms with Crippen molar-refractivity contribution in [2.45, 2.75) is 53.1 Å². The Morgan fingerprint density at radius 1 is 1.13 bits per heavy atom. The van der Waals surface area contributed by atoms with Crippen LogP contribution in [0.15, 0.2) is 12.1 Å². The van der Waals surface area contributed by atoms with E-state index >= 15 is 0 Å². The van der Waals surface area contributed by atoms with E-state index in [1.165, 1.54) is 16.7 Å². The molecule has 1 rings (SSSR count). The number of rotatable bonds is 3. The lowest BCUT2D eigenvalue weighted by Crippen LogP contribution is -2.23. The molecule has 1 nitrogen and oxygen atoms in total. The van der Waals surface area contributed by atoms with Crippen LogP contribution in [0.25, 0.3) is 0 Å². The highest BCUT2D eigenvalue weighted by Gasteiger charge is 2.25. The Balaban J connectivity index is 3.24. The lowest BCUT2D eigenvalue weighted by molar-refractivity contribution is 0.0457. The summed E-state index contributed by atoms with van der Waals surface area (Å²) in [6, 6.07) is 4.29. The van der Waals surface area contributed by atoms with Gasteiger partial charge < -0.3 is 5.11 Å². The summed E-state index contributed by atoms with van der Waals surface area (Å²) in [5, 5.41) is 10.4. The molecule has 1 aromatic rings. The van der Waals surface area contributed by atoms with Gasteiger partial charge >= 0.3 is 0 Å². The molecule has 0 bridgehead atoms. The van der Waals surface area contributed by atoms with Gasteiger partial charge in [-0.15, -0.1) is 0 Å². The number of aliphatic hydroxyl groups is 1. The molecular formula is C14H22O. The predicted octanol–water partition coefficient (Wildman–Crippen LogP) is 3.62. The van der Waals surface area contributed by atoms with Crippen LogP contribution in [0.1, 0.15) is 48.9 Å². The van der Waals surface area contributed by atoms with Crippen LogP contribution < -0.4 is 0 Å². The summed E-state index contributed by atoms with van der Waals surface area (Å²) in [5.74, 6) is 0. The fourth-order valence-electron chi connectivity index (χ4n) is 2.64. The molecule has 0 amide bonds. The Labute approximate surface area is 93.1 Å². The summed E-state index contributed by atoms with van der Waals surface area (Å²) >= 11 is 0. The summed E-state index contributed by atoms with van der Waals surface area (Å²) in [4.78, 5) is 0. The van der Waals surface area contributed by atoms with E-state index in [0.29, 0.717) is 0 Å². The summed E-state index contributed by atoms with van der Waals surface area (Å²) in [7, 11) is 0. The van der Waals surface area contributed by atoms with E-state index in [2.05, 4.69) is 39.8 Å². The van der Waals surface area contributed by atoms with E-state index in [-0.39, 0.29) is 0 Å². The zero-order valence-electron chi connectivity index (χ0n) is 10.5. The molecule has 0 aliphatic heterocycles. The van der Waals surface area contributed by atoms with Gasteiger partial charge in [-0.2, -0.15) is 0 Å². The van der Waals surface area contributed by atoms with Gasteiger partial charge in [0.15, 0.2) is 0 Å². The fourth-order valence-corrected chi connectivity index (χ4v) is 2.64. The number of benzene rings is 1. The lowest BCUT2D eigenvalue weighted by Gasteiger charge is -2.27. The Bertz CT molecular complexity index is 327.